The average Bonchev–Trinajstić information content (AvgIpc) is 2.48. The molecule has 0 saturated carbocycles. The van der Waals surface area contributed by atoms with Crippen LogP contribution >= 0.6 is 0 Å². The van der Waals surface area contributed by atoms with Crippen molar-refractivity contribution in [1.29, 1.82) is 5.26 Å². The Bertz CT molecular complexity index is 450. The van der Waals surface area contributed by atoms with Gasteiger partial charge in [-0.3, -0.25) is 4.90 Å². The Morgan fingerprint density at radius 2 is 2.11 bits per heavy atom. The molecular weight excluding hydrogens is 244 g/mol. The van der Waals surface area contributed by atoms with E-state index in [4.69, 9.17) is 19.5 Å². The standard InChI is InChI=1S/C14H18N2O3/c1-17-13-3-2-12(11-15)10-14(13)19-9-6-16-4-7-18-8-5-16/h2-3,10H,4-9H2,1H3. The zero-order valence-corrected chi connectivity index (χ0v) is 11.1. The fourth-order valence-corrected chi connectivity index (χ4v) is 1.97. The molecule has 0 unspecified atom stereocenters. The number of morpholine rings is 1. The number of ether oxygens (including phenoxy) is 3. The molecule has 19 heavy (non-hydrogen) atoms. The quantitative estimate of drug-likeness (QED) is 0.800. The molecule has 1 aromatic carbocycles. The van der Waals surface area contributed by atoms with Crippen LogP contribution in [0.4, 0.5) is 0 Å². The maximum absolute atomic E-state index is 8.89. The molecule has 1 saturated heterocycles. The van der Waals surface area contributed by atoms with Crippen LogP contribution in [0.5, 0.6) is 11.5 Å². The summed E-state index contributed by atoms with van der Waals surface area (Å²) in [5.74, 6) is 1.27. The molecule has 2 rings (SSSR count). The van der Waals surface area contributed by atoms with Gasteiger partial charge in [-0.1, -0.05) is 0 Å². The van der Waals surface area contributed by atoms with Gasteiger partial charge in [0.25, 0.3) is 0 Å². The first kappa shape index (κ1) is 13.7. The van der Waals surface area contributed by atoms with E-state index in [-0.39, 0.29) is 0 Å². The van der Waals surface area contributed by atoms with Gasteiger partial charge in [0.05, 0.1) is 32.0 Å². The number of nitriles is 1. The minimum atomic E-state index is 0.571. The molecule has 5 heteroatoms. The minimum absolute atomic E-state index is 0.571. The van der Waals surface area contributed by atoms with Crippen molar-refractivity contribution in [3.8, 4) is 17.6 Å². The van der Waals surface area contributed by atoms with E-state index in [1.807, 2.05) is 0 Å². The van der Waals surface area contributed by atoms with Crippen LogP contribution in [0.3, 0.4) is 0 Å². The van der Waals surface area contributed by atoms with Crippen LogP contribution in [-0.4, -0.2) is 51.5 Å². The first-order valence-electron chi connectivity index (χ1n) is 6.34. The van der Waals surface area contributed by atoms with E-state index in [0.29, 0.717) is 23.7 Å². The lowest BCUT2D eigenvalue weighted by molar-refractivity contribution is 0.0321. The Morgan fingerprint density at radius 1 is 1.32 bits per heavy atom. The van der Waals surface area contributed by atoms with Crippen molar-refractivity contribution in [2.45, 2.75) is 0 Å². The van der Waals surface area contributed by atoms with Gasteiger partial charge in [0, 0.05) is 25.7 Å². The molecule has 0 atom stereocenters. The van der Waals surface area contributed by atoms with Crippen LogP contribution in [0.15, 0.2) is 18.2 Å². The molecule has 1 aromatic rings. The Kier molecular flexibility index (Phi) is 5.01. The summed E-state index contributed by atoms with van der Waals surface area (Å²) in [6.45, 7) is 4.88. The van der Waals surface area contributed by atoms with Crippen LogP contribution in [0.1, 0.15) is 5.56 Å². The molecule has 0 N–H and O–H groups in total. The van der Waals surface area contributed by atoms with E-state index in [2.05, 4.69) is 11.0 Å². The third kappa shape index (κ3) is 3.85. The zero-order valence-electron chi connectivity index (χ0n) is 11.1. The van der Waals surface area contributed by atoms with Gasteiger partial charge in [0.15, 0.2) is 11.5 Å². The van der Waals surface area contributed by atoms with Crippen LogP contribution in [-0.2, 0) is 4.74 Å². The fraction of sp³-hybridized carbons (Fsp3) is 0.500. The molecular formula is C14H18N2O3. The van der Waals surface area contributed by atoms with Crippen molar-refractivity contribution >= 4 is 0 Å². The van der Waals surface area contributed by atoms with E-state index < -0.39 is 0 Å². The summed E-state index contributed by atoms with van der Waals surface area (Å²) in [5.41, 5.74) is 0.571. The smallest absolute Gasteiger partial charge is 0.162 e. The van der Waals surface area contributed by atoms with Gasteiger partial charge in [-0.25, -0.2) is 0 Å². The van der Waals surface area contributed by atoms with E-state index in [0.717, 1.165) is 32.8 Å². The predicted molar refractivity (Wildman–Crippen MR) is 70.5 cm³/mol. The third-order valence-electron chi connectivity index (χ3n) is 3.06. The van der Waals surface area contributed by atoms with Gasteiger partial charge in [0.1, 0.15) is 6.61 Å². The number of benzene rings is 1. The summed E-state index contributed by atoms with van der Waals surface area (Å²) in [6, 6.07) is 7.27. The van der Waals surface area contributed by atoms with Crippen molar-refractivity contribution in [1.82, 2.24) is 4.90 Å². The topological polar surface area (TPSA) is 54.7 Å². The second kappa shape index (κ2) is 6.98. The van der Waals surface area contributed by atoms with E-state index in [9.17, 15) is 0 Å². The monoisotopic (exact) mass is 262 g/mol. The number of rotatable bonds is 5. The normalized spacial score (nSPS) is 15.8. The van der Waals surface area contributed by atoms with Crippen LogP contribution in [0, 0.1) is 11.3 Å². The lowest BCUT2D eigenvalue weighted by Crippen LogP contribution is -2.38. The summed E-state index contributed by atoms with van der Waals surface area (Å²) in [5, 5.41) is 8.89. The maximum atomic E-state index is 8.89. The Hall–Kier alpha value is -1.77. The first-order valence-corrected chi connectivity index (χ1v) is 6.34. The summed E-state index contributed by atoms with van der Waals surface area (Å²) < 4.78 is 16.2. The maximum Gasteiger partial charge on any atom is 0.162 e. The molecule has 1 aliphatic heterocycles. The summed E-state index contributed by atoms with van der Waals surface area (Å²) in [7, 11) is 1.59. The van der Waals surface area contributed by atoms with Crippen molar-refractivity contribution in [2.75, 3.05) is 46.6 Å². The highest BCUT2D eigenvalue weighted by atomic mass is 16.5. The number of methoxy groups -OCH3 is 1. The van der Waals surface area contributed by atoms with Crippen LogP contribution in [0.2, 0.25) is 0 Å². The van der Waals surface area contributed by atoms with Crippen molar-refractivity contribution < 1.29 is 14.2 Å². The Morgan fingerprint density at radius 3 is 2.79 bits per heavy atom. The number of nitrogens with zero attached hydrogens (tertiary/aromatic N) is 2. The lowest BCUT2D eigenvalue weighted by atomic mass is 10.2. The highest BCUT2D eigenvalue weighted by Crippen LogP contribution is 2.27. The Labute approximate surface area is 113 Å². The minimum Gasteiger partial charge on any atom is -0.493 e. The molecule has 0 spiro atoms. The van der Waals surface area contributed by atoms with E-state index in [1.54, 1.807) is 25.3 Å². The third-order valence-corrected chi connectivity index (χ3v) is 3.06. The molecule has 5 nitrogen and oxygen atoms in total. The van der Waals surface area contributed by atoms with E-state index in [1.165, 1.54) is 0 Å². The summed E-state index contributed by atoms with van der Waals surface area (Å²) in [6.07, 6.45) is 0. The summed E-state index contributed by atoms with van der Waals surface area (Å²) in [4.78, 5) is 2.30. The van der Waals surface area contributed by atoms with Crippen molar-refractivity contribution in [3.05, 3.63) is 23.8 Å². The molecule has 0 amide bonds. The average molecular weight is 262 g/mol. The molecule has 1 aliphatic rings. The molecule has 0 aliphatic carbocycles. The van der Waals surface area contributed by atoms with Crippen LogP contribution < -0.4 is 9.47 Å². The fourth-order valence-electron chi connectivity index (χ4n) is 1.97. The second-order valence-corrected chi connectivity index (χ2v) is 4.28. The molecule has 0 radical (unpaired) electrons. The van der Waals surface area contributed by atoms with E-state index >= 15 is 0 Å². The van der Waals surface area contributed by atoms with Crippen molar-refractivity contribution in [2.24, 2.45) is 0 Å². The number of hydrogen-bond acceptors (Lipinski definition) is 5. The Balaban J connectivity index is 1.89. The second-order valence-electron chi connectivity index (χ2n) is 4.28. The predicted octanol–water partition coefficient (Wildman–Crippen LogP) is 1.28. The molecule has 1 fully saturated rings. The largest absolute Gasteiger partial charge is 0.493 e. The zero-order chi connectivity index (χ0) is 13.5. The van der Waals surface area contributed by atoms with Gasteiger partial charge in [-0.15, -0.1) is 0 Å². The molecule has 0 bridgehead atoms. The molecule has 102 valence electrons. The van der Waals surface area contributed by atoms with Gasteiger partial charge in [-0.2, -0.15) is 5.26 Å². The molecule has 0 aromatic heterocycles. The summed E-state index contributed by atoms with van der Waals surface area (Å²) >= 11 is 0. The SMILES string of the molecule is COc1ccc(C#N)cc1OCCN1CCOCC1. The highest BCUT2D eigenvalue weighted by Gasteiger charge is 2.11. The first-order chi connectivity index (χ1) is 9.33. The van der Waals surface area contributed by atoms with Crippen LogP contribution in [0.25, 0.3) is 0 Å². The lowest BCUT2D eigenvalue weighted by Gasteiger charge is -2.26. The van der Waals surface area contributed by atoms with Crippen molar-refractivity contribution in [3.63, 3.8) is 0 Å². The van der Waals surface area contributed by atoms with Gasteiger partial charge in [0.2, 0.25) is 0 Å². The van der Waals surface area contributed by atoms with Gasteiger partial charge < -0.3 is 14.2 Å². The number of hydrogen-bond donors (Lipinski definition) is 0. The van der Waals surface area contributed by atoms with Gasteiger partial charge >= 0.3 is 0 Å². The highest BCUT2D eigenvalue weighted by molar-refractivity contribution is 5.46. The van der Waals surface area contributed by atoms with Gasteiger partial charge in [-0.05, 0) is 12.1 Å². The molecule has 1 heterocycles.